The number of aliphatic imine (C=N–C) groups is 1. The summed E-state index contributed by atoms with van der Waals surface area (Å²) < 4.78 is 18.9. The van der Waals surface area contributed by atoms with Gasteiger partial charge < -0.3 is 15.4 Å². The molecule has 0 saturated carbocycles. The van der Waals surface area contributed by atoms with E-state index in [9.17, 15) is 4.39 Å². The van der Waals surface area contributed by atoms with Crippen molar-refractivity contribution in [1.82, 2.24) is 10.6 Å². The topological polar surface area (TPSA) is 45.7 Å². The molecule has 0 saturated heterocycles. The third-order valence-corrected chi connectivity index (χ3v) is 4.40. The molecule has 0 heterocycles. The lowest BCUT2D eigenvalue weighted by atomic mass is 10.2. The van der Waals surface area contributed by atoms with Crippen molar-refractivity contribution < 1.29 is 9.13 Å². The summed E-state index contributed by atoms with van der Waals surface area (Å²) >= 11 is 1.80. The summed E-state index contributed by atoms with van der Waals surface area (Å²) in [5.74, 6) is 0.965. The van der Waals surface area contributed by atoms with Crippen LogP contribution < -0.4 is 15.4 Å². The van der Waals surface area contributed by atoms with Gasteiger partial charge in [0, 0.05) is 24.4 Å². The number of thioether (sulfide) groups is 1. The molecular formula is C16H26FN3OS. The van der Waals surface area contributed by atoms with E-state index in [1.807, 2.05) is 6.92 Å². The highest BCUT2D eigenvalue weighted by Gasteiger charge is 2.16. The van der Waals surface area contributed by atoms with Gasteiger partial charge in [-0.05, 0) is 39.2 Å². The van der Waals surface area contributed by atoms with Gasteiger partial charge in [0.1, 0.15) is 17.7 Å². The van der Waals surface area contributed by atoms with Crippen LogP contribution in [-0.2, 0) is 0 Å². The van der Waals surface area contributed by atoms with E-state index in [4.69, 9.17) is 4.74 Å². The van der Waals surface area contributed by atoms with Crippen LogP contribution in [0.3, 0.4) is 0 Å². The van der Waals surface area contributed by atoms with Crippen LogP contribution in [0.1, 0.15) is 20.8 Å². The number of nitrogens with one attached hydrogen (secondary N) is 2. The first-order chi connectivity index (χ1) is 10.4. The van der Waals surface area contributed by atoms with Crippen molar-refractivity contribution in [3.8, 4) is 5.75 Å². The Bertz CT molecular complexity index is 494. The Morgan fingerprint density at radius 3 is 2.73 bits per heavy atom. The fourth-order valence-corrected chi connectivity index (χ4v) is 1.86. The van der Waals surface area contributed by atoms with Crippen LogP contribution in [0.4, 0.5) is 4.39 Å². The minimum atomic E-state index is -0.297. The first kappa shape index (κ1) is 18.6. The van der Waals surface area contributed by atoms with Gasteiger partial charge in [-0.3, -0.25) is 4.99 Å². The van der Waals surface area contributed by atoms with Crippen LogP contribution in [0, 0.1) is 5.82 Å². The minimum absolute atomic E-state index is 0.103. The molecule has 1 aromatic carbocycles. The van der Waals surface area contributed by atoms with E-state index in [0.717, 1.165) is 12.5 Å². The number of benzene rings is 1. The Morgan fingerprint density at radius 1 is 1.41 bits per heavy atom. The van der Waals surface area contributed by atoms with Gasteiger partial charge in [-0.2, -0.15) is 11.8 Å². The second-order valence-corrected chi connectivity index (χ2v) is 7.17. The second kappa shape index (κ2) is 8.88. The Morgan fingerprint density at radius 2 is 2.14 bits per heavy atom. The Balaban J connectivity index is 2.39. The van der Waals surface area contributed by atoms with Crippen molar-refractivity contribution in [3.05, 3.63) is 30.1 Å². The number of guanidine groups is 1. The van der Waals surface area contributed by atoms with Gasteiger partial charge in [-0.25, -0.2) is 4.39 Å². The number of ether oxygens (including phenoxy) is 1. The van der Waals surface area contributed by atoms with Crippen LogP contribution in [0.25, 0.3) is 0 Å². The first-order valence-electron chi connectivity index (χ1n) is 7.28. The highest BCUT2D eigenvalue weighted by atomic mass is 32.2. The molecule has 1 atom stereocenters. The van der Waals surface area contributed by atoms with Crippen LogP contribution in [0.15, 0.2) is 29.3 Å². The van der Waals surface area contributed by atoms with Gasteiger partial charge in [-0.15, -0.1) is 0 Å². The van der Waals surface area contributed by atoms with Crippen molar-refractivity contribution in [1.29, 1.82) is 0 Å². The first-order valence-corrected chi connectivity index (χ1v) is 8.50. The molecule has 2 N–H and O–H groups in total. The predicted molar refractivity (Wildman–Crippen MR) is 93.4 cm³/mol. The second-order valence-electron chi connectivity index (χ2n) is 5.66. The molecule has 0 aliphatic carbocycles. The molecular weight excluding hydrogens is 301 g/mol. The zero-order chi connectivity index (χ0) is 16.6. The standard InChI is InChI=1S/C16H26FN3OS/c1-12(21-14-8-6-7-13(17)9-14)10-19-15(18-4)20-11-16(2,3)22-5/h6-9,12H,10-11H2,1-5H3,(H2,18,19,20). The molecule has 0 radical (unpaired) electrons. The number of hydrogen-bond acceptors (Lipinski definition) is 3. The van der Waals surface area contributed by atoms with Crippen LogP contribution in [0.5, 0.6) is 5.75 Å². The smallest absolute Gasteiger partial charge is 0.191 e. The number of halogens is 1. The maximum absolute atomic E-state index is 13.1. The van der Waals surface area contributed by atoms with E-state index in [0.29, 0.717) is 12.3 Å². The highest BCUT2D eigenvalue weighted by molar-refractivity contribution is 7.99. The fraction of sp³-hybridized carbons (Fsp3) is 0.562. The van der Waals surface area contributed by atoms with E-state index < -0.39 is 0 Å². The maximum atomic E-state index is 13.1. The highest BCUT2D eigenvalue weighted by Crippen LogP contribution is 2.19. The van der Waals surface area contributed by atoms with E-state index >= 15 is 0 Å². The largest absolute Gasteiger partial charge is 0.489 e. The summed E-state index contributed by atoms with van der Waals surface area (Å²) in [6, 6.07) is 6.16. The molecule has 0 aliphatic heterocycles. The minimum Gasteiger partial charge on any atom is -0.489 e. The van der Waals surface area contributed by atoms with Crippen molar-refractivity contribution in [3.63, 3.8) is 0 Å². The molecule has 0 fully saturated rings. The monoisotopic (exact) mass is 327 g/mol. The van der Waals surface area contributed by atoms with Crippen molar-refractivity contribution >= 4 is 17.7 Å². The normalized spacial score (nSPS) is 13.6. The van der Waals surface area contributed by atoms with Gasteiger partial charge in [0.05, 0.1) is 6.54 Å². The molecule has 0 spiro atoms. The number of rotatable bonds is 7. The SMILES string of the molecule is CN=C(NCC(C)Oc1cccc(F)c1)NCC(C)(C)SC. The molecule has 124 valence electrons. The zero-order valence-corrected chi connectivity index (χ0v) is 14.8. The summed E-state index contributed by atoms with van der Waals surface area (Å²) in [5.41, 5.74) is 0. The Kier molecular flexibility index (Phi) is 7.51. The summed E-state index contributed by atoms with van der Waals surface area (Å²) in [4.78, 5) is 4.19. The summed E-state index contributed by atoms with van der Waals surface area (Å²) in [6.07, 6.45) is 1.99. The van der Waals surface area contributed by atoms with Gasteiger partial charge in [0.15, 0.2) is 5.96 Å². The molecule has 0 amide bonds. The summed E-state index contributed by atoms with van der Waals surface area (Å²) in [7, 11) is 1.74. The number of nitrogens with zero attached hydrogens (tertiary/aromatic N) is 1. The van der Waals surface area contributed by atoms with E-state index in [1.54, 1.807) is 30.9 Å². The molecule has 22 heavy (non-hydrogen) atoms. The Hall–Kier alpha value is -1.43. The molecule has 1 rings (SSSR count). The fourth-order valence-electron chi connectivity index (χ4n) is 1.64. The number of hydrogen-bond donors (Lipinski definition) is 2. The lowest BCUT2D eigenvalue weighted by Gasteiger charge is -2.24. The third kappa shape index (κ3) is 7.02. The van der Waals surface area contributed by atoms with E-state index in [1.165, 1.54) is 12.1 Å². The molecule has 6 heteroatoms. The van der Waals surface area contributed by atoms with Crippen LogP contribution in [0.2, 0.25) is 0 Å². The van der Waals surface area contributed by atoms with Gasteiger partial charge in [0.2, 0.25) is 0 Å². The summed E-state index contributed by atoms with van der Waals surface area (Å²) in [5, 5.41) is 6.50. The molecule has 1 aromatic rings. The van der Waals surface area contributed by atoms with Gasteiger partial charge in [-0.1, -0.05) is 6.07 Å². The maximum Gasteiger partial charge on any atom is 0.191 e. The van der Waals surface area contributed by atoms with Gasteiger partial charge >= 0.3 is 0 Å². The van der Waals surface area contributed by atoms with Crippen molar-refractivity contribution in [2.75, 3.05) is 26.4 Å². The van der Waals surface area contributed by atoms with Crippen LogP contribution >= 0.6 is 11.8 Å². The molecule has 0 bridgehead atoms. The molecule has 4 nitrogen and oxygen atoms in total. The average molecular weight is 327 g/mol. The third-order valence-electron chi connectivity index (χ3n) is 3.15. The molecule has 0 aromatic heterocycles. The zero-order valence-electron chi connectivity index (χ0n) is 13.9. The predicted octanol–water partition coefficient (Wildman–Crippen LogP) is 2.90. The Labute approximate surface area is 136 Å². The van der Waals surface area contributed by atoms with Crippen molar-refractivity contribution in [2.45, 2.75) is 31.6 Å². The van der Waals surface area contributed by atoms with Gasteiger partial charge in [0.25, 0.3) is 0 Å². The van der Waals surface area contributed by atoms with Crippen LogP contribution in [-0.4, -0.2) is 43.2 Å². The average Bonchev–Trinajstić information content (AvgIpc) is 2.47. The molecule has 0 aliphatic rings. The van der Waals surface area contributed by atoms with E-state index in [-0.39, 0.29) is 16.7 Å². The quantitative estimate of drug-likeness (QED) is 0.597. The lowest BCUT2D eigenvalue weighted by Crippen LogP contribution is -2.45. The van der Waals surface area contributed by atoms with E-state index in [2.05, 4.69) is 35.7 Å². The van der Waals surface area contributed by atoms with Crippen molar-refractivity contribution in [2.24, 2.45) is 4.99 Å². The summed E-state index contributed by atoms with van der Waals surface area (Å²) in [6.45, 7) is 7.67. The lowest BCUT2D eigenvalue weighted by molar-refractivity contribution is 0.223. The molecule has 1 unspecified atom stereocenters.